The number of esters is 1. The molecule has 3 atom stereocenters. The Morgan fingerprint density at radius 2 is 2.28 bits per heavy atom. The molecular weight excluding hydrogens is 228 g/mol. The van der Waals surface area contributed by atoms with Gasteiger partial charge in [0.1, 0.15) is 0 Å². The number of hydrogen-bond acceptors (Lipinski definition) is 4. The van der Waals surface area contributed by atoms with E-state index in [4.69, 9.17) is 4.74 Å². The molecule has 2 rings (SSSR count). The minimum atomic E-state index is -0.0869. The normalized spacial score (nSPS) is 31.2. The minimum Gasteiger partial charge on any atom is -0.469 e. The monoisotopic (exact) mass is 254 g/mol. The lowest BCUT2D eigenvalue weighted by Crippen LogP contribution is -2.45. The molecular formula is C14H26N2O2. The molecule has 104 valence electrons. The Morgan fingerprint density at radius 1 is 1.44 bits per heavy atom. The summed E-state index contributed by atoms with van der Waals surface area (Å²) in [5.41, 5.74) is 0. The van der Waals surface area contributed by atoms with Crippen molar-refractivity contribution in [1.82, 2.24) is 10.2 Å². The van der Waals surface area contributed by atoms with Gasteiger partial charge in [-0.1, -0.05) is 6.92 Å². The summed E-state index contributed by atoms with van der Waals surface area (Å²) in [4.78, 5) is 13.9. The summed E-state index contributed by atoms with van der Waals surface area (Å²) >= 11 is 0. The maximum atomic E-state index is 11.5. The minimum absolute atomic E-state index is 0.00899. The number of nitrogens with one attached hydrogen (secondary N) is 1. The van der Waals surface area contributed by atoms with Crippen LogP contribution < -0.4 is 5.32 Å². The van der Waals surface area contributed by atoms with Crippen LogP contribution in [-0.4, -0.2) is 50.2 Å². The smallest absolute Gasteiger partial charge is 0.309 e. The summed E-state index contributed by atoms with van der Waals surface area (Å²) in [6, 6.07) is 0.709. The number of carbonyl (C=O) groups excluding carboxylic acids is 1. The topological polar surface area (TPSA) is 41.6 Å². The molecule has 2 aliphatic rings. The van der Waals surface area contributed by atoms with Crippen molar-refractivity contribution in [3.63, 3.8) is 0 Å². The molecule has 0 radical (unpaired) electrons. The van der Waals surface area contributed by atoms with Crippen molar-refractivity contribution < 1.29 is 9.53 Å². The Labute approximate surface area is 110 Å². The fraction of sp³-hybridized carbons (Fsp3) is 0.929. The average molecular weight is 254 g/mol. The van der Waals surface area contributed by atoms with Gasteiger partial charge in [0.25, 0.3) is 0 Å². The molecule has 0 amide bonds. The van der Waals surface area contributed by atoms with Crippen molar-refractivity contribution in [3.05, 3.63) is 0 Å². The highest BCUT2D eigenvalue weighted by Crippen LogP contribution is 2.25. The van der Waals surface area contributed by atoms with E-state index in [1.807, 2.05) is 6.92 Å². The van der Waals surface area contributed by atoms with Crippen molar-refractivity contribution in [2.45, 2.75) is 38.6 Å². The highest BCUT2D eigenvalue weighted by Gasteiger charge is 2.30. The van der Waals surface area contributed by atoms with Gasteiger partial charge in [-0.2, -0.15) is 0 Å². The van der Waals surface area contributed by atoms with Crippen molar-refractivity contribution in [1.29, 1.82) is 0 Å². The zero-order chi connectivity index (χ0) is 13.0. The van der Waals surface area contributed by atoms with Gasteiger partial charge < -0.3 is 15.0 Å². The average Bonchev–Trinajstić information content (AvgIpc) is 2.92. The van der Waals surface area contributed by atoms with E-state index in [1.54, 1.807) is 0 Å². The van der Waals surface area contributed by atoms with Crippen molar-refractivity contribution in [2.75, 3.05) is 33.3 Å². The van der Waals surface area contributed by atoms with Crippen LogP contribution in [0.4, 0.5) is 0 Å². The second-order valence-electron chi connectivity index (χ2n) is 5.79. The van der Waals surface area contributed by atoms with Crippen LogP contribution in [0.5, 0.6) is 0 Å². The van der Waals surface area contributed by atoms with E-state index in [1.165, 1.54) is 39.3 Å². The van der Waals surface area contributed by atoms with Gasteiger partial charge in [-0.25, -0.2) is 0 Å². The Kier molecular flexibility index (Phi) is 5.01. The second kappa shape index (κ2) is 6.53. The standard InChI is InChI=1S/C14H26N2O2/c1-11(14(17)18-2)9-16-8-4-5-12(10-16)13-6-3-7-15-13/h11-13,15H,3-10H2,1-2H3. The van der Waals surface area contributed by atoms with Gasteiger partial charge in [-0.05, 0) is 44.7 Å². The molecule has 2 saturated heterocycles. The molecule has 2 aliphatic heterocycles. The van der Waals surface area contributed by atoms with Crippen LogP contribution in [-0.2, 0) is 9.53 Å². The highest BCUT2D eigenvalue weighted by atomic mass is 16.5. The molecule has 18 heavy (non-hydrogen) atoms. The molecule has 4 nitrogen and oxygen atoms in total. The van der Waals surface area contributed by atoms with Gasteiger partial charge in [0, 0.05) is 19.1 Å². The number of nitrogens with zero attached hydrogens (tertiary/aromatic N) is 1. The Balaban J connectivity index is 1.80. The number of piperidine rings is 1. The molecule has 2 heterocycles. The Hall–Kier alpha value is -0.610. The fourth-order valence-electron chi connectivity index (χ4n) is 3.36. The van der Waals surface area contributed by atoms with Crippen LogP contribution in [0.2, 0.25) is 0 Å². The highest BCUT2D eigenvalue weighted by molar-refractivity contribution is 5.72. The van der Waals surface area contributed by atoms with Gasteiger partial charge in [0.05, 0.1) is 13.0 Å². The van der Waals surface area contributed by atoms with Crippen molar-refractivity contribution in [2.24, 2.45) is 11.8 Å². The lowest BCUT2D eigenvalue weighted by Gasteiger charge is -2.36. The third kappa shape index (κ3) is 3.45. The number of hydrogen-bond donors (Lipinski definition) is 1. The van der Waals surface area contributed by atoms with Crippen LogP contribution in [0.1, 0.15) is 32.6 Å². The summed E-state index contributed by atoms with van der Waals surface area (Å²) in [5.74, 6) is 0.674. The van der Waals surface area contributed by atoms with Gasteiger partial charge in [0.2, 0.25) is 0 Å². The van der Waals surface area contributed by atoms with E-state index < -0.39 is 0 Å². The lowest BCUT2D eigenvalue weighted by atomic mass is 9.89. The summed E-state index contributed by atoms with van der Waals surface area (Å²) in [6.45, 7) is 6.25. The van der Waals surface area contributed by atoms with Crippen LogP contribution >= 0.6 is 0 Å². The van der Waals surface area contributed by atoms with Crippen LogP contribution in [0.15, 0.2) is 0 Å². The molecule has 4 heteroatoms. The first-order chi connectivity index (χ1) is 8.70. The number of likely N-dealkylation sites (tertiary alicyclic amines) is 1. The molecule has 0 saturated carbocycles. The number of carbonyl (C=O) groups is 1. The zero-order valence-electron chi connectivity index (χ0n) is 11.7. The Bertz CT molecular complexity index is 277. The van der Waals surface area contributed by atoms with Gasteiger partial charge in [0.15, 0.2) is 0 Å². The quantitative estimate of drug-likeness (QED) is 0.767. The first-order valence-corrected chi connectivity index (χ1v) is 7.24. The third-order valence-corrected chi connectivity index (χ3v) is 4.35. The lowest BCUT2D eigenvalue weighted by molar-refractivity contribution is -0.145. The molecule has 0 aliphatic carbocycles. The molecule has 0 bridgehead atoms. The molecule has 0 spiro atoms. The fourth-order valence-corrected chi connectivity index (χ4v) is 3.36. The number of methoxy groups -OCH3 is 1. The predicted octanol–water partition coefficient (Wildman–Crippen LogP) is 1.26. The largest absolute Gasteiger partial charge is 0.469 e. The van der Waals surface area contributed by atoms with E-state index in [0.29, 0.717) is 6.04 Å². The third-order valence-electron chi connectivity index (χ3n) is 4.35. The first-order valence-electron chi connectivity index (χ1n) is 7.24. The summed E-state index contributed by atoms with van der Waals surface area (Å²) in [5, 5.41) is 3.62. The van der Waals surface area contributed by atoms with Crippen LogP contribution in [0.3, 0.4) is 0 Å². The number of ether oxygens (including phenoxy) is 1. The van der Waals surface area contributed by atoms with E-state index in [9.17, 15) is 4.79 Å². The van der Waals surface area contributed by atoms with E-state index in [0.717, 1.165) is 25.6 Å². The predicted molar refractivity (Wildman–Crippen MR) is 71.4 cm³/mol. The van der Waals surface area contributed by atoms with Crippen molar-refractivity contribution >= 4 is 5.97 Å². The summed E-state index contributed by atoms with van der Waals surface area (Å²) < 4.78 is 4.80. The van der Waals surface area contributed by atoms with Crippen molar-refractivity contribution in [3.8, 4) is 0 Å². The van der Waals surface area contributed by atoms with E-state index in [2.05, 4.69) is 10.2 Å². The molecule has 0 aromatic rings. The molecule has 1 N–H and O–H groups in total. The maximum Gasteiger partial charge on any atom is 0.309 e. The SMILES string of the molecule is COC(=O)C(C)CN1CCCC(C2CCCN2)C1. The second-order valence-corrected chi connectivity index (χ2v) is 5.79. The summed E-state index contributed by atoms with van der Waals surface area (Å²) in [6.07, 6.45) is 5.24. The number of rotatable bonds is 4. The van der Waals surface area contributed by atoms with Gasteiger partial charge in [-0.15, -0.1) is 0 Å². The molecule has 0 aromatic heterocycles. The summed E-state index contributed by atoms with van der Waals surface area (Å²) in [7, 11) is 1.47. The van der Waals surface area contributed by atoms with Gasteiger partial charge >= 0.3 is 5.97 Å². The molecule has 2 fully saturated rings. The zero-order valence-corrected chi connectivity index (χ0v) is 11.7. The van der Waals surface area contributed by atoms with Crippen LogP contribution in [0.25, 0.3) is 0 Å². The molecule has 3 unspecified atom stereocenters. The van der Waals surface area contributed by atoms with E-state index in [-0.39, 0.29) is 11.9 Å². The molecule has 0 aromatic carbocycles. The van der Waals surface area contributed by atoms with E-state index >= 15 is 0 Å². The van der Waals surface area contributed by atoms with Crippen LogP contribution in [0, 0.1) is 11.8 Å². The first kappa shape index (κ1) is 13.8. The Morgan fingerprint density at radius 3 is 2.94 bits per heavy atom. The maximum absolute atomic E-state index is 11.5. The van der Waals surface area contributed by atoms with Gasteiger partial charge in [-0.3, -0.25) is 4.79 Å².